The first-order valence-electron chi connectivity index (χ1n) is 6.84. The van der Waals surface area contributed by atoms with E-state index >= 15 is 0 Å². The van der Waals surface area contributed by atoms with Gasteiger partial charge in [-0.2, -0.15) is 0 Å². The maximum atomic E-state index is 12.1. The predicted molar refractivity (Wildman–Crippen MR) is 90.2 cm³/mol. The van der Waals surface area contributed by atoms with Gasteiger partial charge in [0, 0.05) is 5.69 Å². The molecule has 0 bridgehead atoms. The van der Waals surface area contributed by atoms with E-state index in [9.17, 15) is 4.79 Å². The molecule has 0 saturated carbocycles. The zero-order chi connectivity index (χ0) is 15.5. The number of ketones is 1. The van der Waals surface area contributed by atoms with Crippen molar-refractivity contribution < 1.29 is 4.79 Å². The Hall–Kier alpha value is -1.92. The van der Waals surface area contributed by atoms with Crippen molar-refractivity contribution in [2.45, 2.75) is 19.0 Å². The standard InChI is InChI=1S/C16H15N3OS2/c1-11-5-3-6-13(9-11)19-12(2)17-18-16(19)22-10-14(20)15-7-4-8-21-15/h3-9H,10H2,1-2H3. The van der Waals surface area contributed by atoms with Gasteiger partial charge in [0.05, 0.1) is 10.6 Å². The molecule has 0 amide bonds. The van der Waals surface area contributed by atoms with Crippen LogP contribution < -0.4 is 0 Å². The van der Waals surface area contributed by atoms with E-state index < -0.39 is 0 Å². The molecule has 6 heteroatoms. The van der Waals surface area contributed by atoms with Crippen LogP contribution in [0, 0.1) is 13.8 Å². The SMILES string of the molecule is Cc1cccc(-n2c(C)nnc2SCC(=O)c2cccs2)c1. The van der Waals surface area contributed by atoms with E-state index in [1.165, 1.54) is 28.7 Å². The van der Waals surface area contributed by atoms with Crippen LogP contribution in [0.5, 0.6) is 0 Å². The molecule has 2 heterocycles. The smallest absolute Gasteiger partial charge is 0.196 e. The number of rotatable bonds is 5. The Bertz CT molecular complexity index is 794. The van der Waals surface area contributed by atoms with Crippen molar-refractivity contribution in [1.29, 1.82) is 0 Å². The van der Waals surface area contributed by atoms with Crippen LogP contribution in [0.4, 0.5) is 0 Å². The molecule has 0 saturated heterocycles. The summed E-state index contributed by atoms with van der Waals surface area (Å²) in [7, 11) is 0. The normalized spacial score (nSPS) is 10.8. The summed E-state index contributed by atoms with van der Waals surface area (Å²) in [6.07, 6.45) is 0. The number of aryl methyl sites for hydroxylation is 2. The molecule has 112 valence electrons. The molecule has 0 N–H and O–H groups in total. The number of benzene rings is 1. The van der Waals surface area contributed by atoms with Gasteiger partial charge in [-0.1, -0.05) is 30.0 Å². The Balaban J connectivity index is 1.82. The summed E-state index contributed by atoms with van der Waals surface area (Å²) in [5.41, 5.74) is 2.20. The predicted octanol–water partition coefficient (Wildman–Crippen LogP) is 3.92. The van der Waals surface area contributed by atoms with Crippen molar-refractivity contribution in [2.24, 2.45) is 0 Å². The Labute approximate surface area is 137 Å². The molecule has 0 aliphatic carbocycles. The second-order valence-corrected chi connectivity index (χ2v) is 6.78. The quantitative estimate of drug-likeness (QED) is 0.526. The van der Waals surface area contributed by atoms with Crippen LogP contribution in [-0.4, -0.2) is 26.3 Å². The first-order chi connectivity index (χ1) is 10.6. The zero-order valence-electron chi connectivity index (χ0n) is 12.3. The van der Waals surface area contributed by atoms with Crippen LogP contribution in [0.25, 0.3) is 5.69 Å². The highest BCUT2D eigenvalue weighted by atomic mass is 32.2. The van der Waals surface area contributed by atoms with E-state index in [-0.39, 0.29) is 5.78 Å². The van der Waals surface area contributed by atoms with Crippen LogP contribution >= 0.6 is 23.1 Å². The fraction of sp³-hybridized carbons (Fsp3) is 0.188. The molecular formula is C16H15N3OS2. The molecule has 0 spiro atoms. The first kappa shape index (κ1) is 15.0. The second kappa shape index (κ2) is 6.46. The summed E-state index contributed by atoms with van der Waals surface area (Å²) in [4.78, 5) is 12.9. The van der Waals surface area contributed by atoms with E-state index in [1.807, 2.05) is 41.1 Å². The van der Waals surface area contributed by atoms with E-state index in [0.29, 0.717) is 5.75 Å². The van der Waals surface area contributed by atoms with Gasteiger partial charge in [-0.05, 0) is 43.0 Å². The van der Waals surface area contributed by atoms with Gasteiger partial charge in [-0.25, -0.2) is 0 Å². The third kappa shape index (κ3) is 3.13. The van der Waals surface area contributed by atoms with Gasteiger partial charge >= 0.3 is 0 Å². The lowest BCUT2D eigenvalue weighted by Gasteiger charge is -2.08. The zero-order valence-corrected chi connectivity index (χ0v) is 13.9. The third-order valence-electron chi connectivity index (χ3n) is 3.18. The summed E-state index contributed by atoms with van der Waals surface area (Å²) >= 11 is 2.89. The number of thioether (sulfide) groups is 1. The summed E-state index contributed by atoms with van der Waals surface area (Å²) in [6.45, 7) is 3.97. The van der Waals surface area contributed by atoms with Crippen LogP contribution in [-0.2, 0) is 0 Å². The van der Waals surface area contributed by atoms with Gasteiger partial charge in [0.1, 0.15) is 5.82 Å². The monoisotopic (exact) mass is 329 g/mol. The Kier molecular flexibility index (Phi) is 4.40. The molecule has 2 aromatic heterocycles. The van der Waals surface area contributed by atoms with E-state index in [1.54, 1.807) is 0 Å². The average Bonchev–Trinajstić information content (AvgIpc) is 3.14. The highest BCUT2D eigenvalue weighted by Crippen LogP contribution is 2.23. The van der Waals surface area contributed by atoms with E-state index in [4.69, 9.17) is 0 Å². The van der Waals surface area contributed by atoms with E-state index in [0.717, 1.165) is 21.5 Å². The highest BCUT2D eigenvalue weighted by Gasteiger charge is 2.14. The van der Waals surface area contributed by atoms with Gasteiger partial charge in [-0.3, -0.25) is 9.36 Å². The fourth-order valence-electron chi connectivity index (χ4n) is 2.14. The summed E-state index contributed by atoms with van der Waals surface area (Å²) in [5.74, 6) is 1.30. The van der Waals surface area contributed by atoms with Crippen LogP contribution in [0.1, 0.15) is 21.1 Å². The molecule has 0 aliphatic heterocycles. The number of Topliss-reactive ketones (excluding diaryl/α,β-unsaturated/α-hetero) is 1. The Morgan fingerprint density at radius 2 is 2.09 bits per heavy atom. The van der Waals surface area contributed by atoms with E-state index in [2.05, 4.69) is 29.3 Å². The number of thiophene rings is 1. The molecule has 22 heavy (non-hydrogen) atoms. The lowest BCUT2D eigenvalue weighted by atomic mass is 10.2. The largest absolute Gasteiger partial charge is 0.292 e. The number of carbonyl (C=O) groups is 1. The van der Waals surface area contributed by atoms with Crippen LogP contribution in [0.2, 0.25) is 0 Å². The molecule has 1 aromatic carbocycles. The second-order valence-electron chi connectivity index (χ2n) is 4.89. The molecule has 3 rings (SSSR count). The molecule has 0 aliphatic rings. The number of aromatic nitrogens is 3. The van der Waals surface area contributed by atoms with Crippen molar-refractivity contribution in [1.82, 2.24) is 14.8 Å². The average molecular weight is 329 g/mol. The lowest BCUT2D eigenvalue weighted by molar-refractivity contribution is 0.102. The molecule has 0 atom stereocenters. The Morgan fingerprint density at radius 3 is 2.82 bits per heavy atom. The first-order valence-corrected chi connectivity index (χ1v) is 8.70. The number of hydrogen-bond acceptors (Lipinski definition) is 5. The van der Waals surface area contributed by atoms with Crippen molar-refractivity contribution in [3.05, 3.63) is 58.0 Å². The minimum absolute atomic E-state index is 0.122. The molecule has 0 fully saturated rings. The minimum atomic E-state index is 0.122. The summed E-state index contributed by atoms with van der Waals surface area (Å²) < 4.78 is 1.99. The maximum absolute atomic E-state index is 12.1. The van der Waals surface area contributed by atoms with Gasteiger partial charge < -0.3 is 0 Å². The summed E-state index contributed by atoms with van der Waals surface area (Å²) in [6, 6.07) is 11.9. The maximum Gasteiger partial charge on any atom is 0.196 e. The number of carbonyl (C=O) groups excluding carboxylic acids is 1. The Morgan fingerprint density at radius 1 is 1.23 bits per heavy atom. The van der Waals surface area contributed by atoms with Gasteiger partial charge in [0.25, 0.3) is 0 Å². The minimum Gasteiger partial charge on any atom is -0.292 e. The van der Waals surface area contributed by atoms with Gasteiger partial charge in [-0.15, -0.1) is 21.5 Å². The topological polar surface area (TPSA) is 47.8 Å². The van der Waals surface area contributed by atoms with Crippen molar-refractivity contribution in [2.75, 3.05) is 5.75 Å². The van der Waals surface area contributed by atoms with Crippen LogP contribution in [0.3, 0.4) is 0 Å². The molecular weight excluding hydrogens is 314 g/mol. The highest BCUT2D eigenvalue weighted by molar-refractivity contribution is 7.99. The molecule has 3 aromatic rings. The summed E-state index contributed by atoms with van der Waals surface area (Å²) in [5, 5.41) is 11.0. The van der Waals surface area contributed by atoms with Gasteiger partial charge in [0.2, 0.25) is 0 Å². The van der Waals surface area contributed by atoms with Gasteiger partial charge in [0.15, 0.2) is 10.9 Å². The van der Waals surface area contributed by atoms with Crippen molar-refractivity contribution in [3.63, 3.8) is 0 Å². The van der Waals surface area contributed by atoms with Crippen molar-refractivity contribution >= 4 is 28.9 Å². The molecule has 4 nitrogen and oxygen atoms in total. The number of nitrogens with zero attached hydrogens (tertiary/aromatic N) is 3. The number of hydrogen-bond donors (Lipinski definition) is 0. The fourth-order valence-corrected chi connectivity index (χ4v) is 3.78. The lowest BCUT2D eigenvalue weighted by Crippen LogP contribution is -2.03. The molecule has 0 unspecified atom stereocenters. The molecule has 0 radical (unpaired) electrons. The third-order valence-corrected chi connectivity index (χ3v) is 5.02. The van der Waals surface area contributed by atoms with Crippen molar-refractivity contribution in [3.8, 4) is 5.69 Å². The van der Waals surface area contributed by atoms with Crippen LogP contribution in [0.15, 0.2) is 46.9 Å².